The molecule has 4 heterocycles. The molecular weight excluding hydrogens is 448 g/mol. The maximum atomic E-state index is 12.9. The zero-order valence-electron chi connectivity index (χ0n) is 19.2. The number of nitrogens with zero attached hydrogens (tertiary/aromatic N) is 5. The van der Waals surface area contributed by atoms with E-state index in [1.165, 1.54) is 0 Å². The molecule has 2 saturated carbocycles. The summed E-state index contributed by atoms with van der Waals surface area (Å²) >= 11 is 0. The van der Waals surface area contributed by atoms with Gasteiger partial charge in [0.25, 0.3) is 0 Å². The SMILES string of the molecule is C#Cc1cnc(C2CC3CN(c4nc5c(c(NC6(CO)CCC6)n4)S(=O)CCC5)CC3C2)nc1. The van der Waals surface area contributed by atoms with Crippen molar-refractivity contribution in [2.75, 3.05) is 35.7 Å². The zero-order valence-corrected chi connectivity index (χ0v) is 20.1. The van der Waals surface area contributed by atoms with Gasteiger partial charge in [0.05, 0.1) is 34.2 Å². The Morgan fingerprint density at radius 2 is 1.91 bits per heavy atom. The van der Waals surface area contributed by atoms with Gasteiger partial charge in [0.2, 0.25) is 5.95 Å². The quantitative estimate of drug-likeness (QED) is 0.631. The summed E-state index contributed by atoms with van der Waals surface area (Å²) in [6.45, 7) is 1.89. The number of aryl methyl sites for hydroxylation is 1. The molecule has 3 unspecified atom stereocenters. The zero-order chi connectivity index (χ0) is 23.3. The fourth-order valence-electron chi connectivity index (χ4n) is 6.07. The number of aliphatic hydroxyl groups is 1. The summed E-state index contributed by atoms with van der Waals surface area (Å²) in [7, 11) is -1.10. The number of aliphatic hydroxyl groups excluding tert-OH is 1. The summed E-state index contributed by atoms with van der Waals surface area (Å²) in [5.41, 5.74) is 1.28. The number of terminal acetylenes is 1. The van der Waals surface area contributed by atoms with Crippen LogP contribution in [-0.4, -0.2) is 60.2 Å². The van der Waals surface area contributed by atoms with E-state index in [0.29, 0.717) is 34.9 Å². The first-order chi connectivity index (χ1) is 16.6. The molecule has 6 rings (SSSR count). The maximum absolute atomic E-state index is 12.9. The van der Waals surface area contributed by atoms with E-state index in [2.05, 4.69) is 26.1 Å². The Morgan fingerprint density at radius 3 is 2.53 bits per heavy atom. The summed E-state index contributed by atoms with van der Waals surface area (Å²) in [6, 6.07) is 0. The molecule has 2 aliphatic carbocycles. The molecule has 2 aliphatic heterocycles. The van der Waals surface area contributed by atoms with Gasteiger partial charge in [0.1, 0.15) is 16.5 Å². The van der Waals surface area contributed by atoms with Crippen LogP contribution < -0.4 is 10.2 Å². The Labute approximate surface area is 202 Å². The highest BCUT2D eigenvalue weighted by Gasteiger charge is 2.44. The maximum Gasteiger partial charge on any atom is 0.227 e. The van der Waals surface area contributed by atoms with Gasteiger partial charge in [-0.2, -0.15) is 4.98 Å². The van der Waals surface area contributed by atoms with Crippen molar-refractivity contribution >= 4 is 22.6 Å². The first-order valence-electron chi connectivity index (χ1n) is 12.3. The Kier molecular flexibility index (Phi) is 5.53. The highest BCUT2D eigenvalue weighted by atomic mass is 32.2. The molecule has 0 spiro atoms. The van der Waals surface area contributed by atoms with E-state index in [4.69, 9.17) is 16.4 Å². The average molecular weight is 479 g/mol. The third-order valence-electron chi connectivity index (χ3n) is 8.13. The number of aromatic nitrogens is 4. The van der Waals surface area contributed by atoms with Crippen LogP contribution in [-0.2, 0) is 17.2 Å². The first kappa shape index (κ1) is 21.9. The number of hydrogen-bond donors (Lipinski definition) is 2. The van der Waals surface area contributed by atoms with Gasteiger partial charge in [-0.3, -0.25) is 4.21 Å². The molecule has 9 heteroatoms. The van der Waals surface area contributed by atoms with Crippen LogP contribution in [0, 0.1) is 24.2 Å². The number of fused-ring (bicyclic) bond motifs is 2. The topological polar surface area (TPSA) is 104 Å². The van der Waals surface area contributed by atoms with Crippen LogP contribution in [0.2, 0.25) is 0 Å². The van der Waals surface area contributed by atoms with E-state index in [9.17, 15) is 9.32 Å². The van der Waals surface area contributed by atoms with E-state index >= 15 is 0 Å². The van der Waals surface area contributed by atoms with E-state index < -0.39 is 10.8 Å². The molecule has 178 valence electrons. The normalized spacial score (nSPS) is 29.1. The van der Waals surface area contributed by atoms with Crippen LogP contribution in [0.25, 0.3) is 0 Å². The lowest BCUT2D eigenvalue weighted by molar-refractivity contribution is 0.143. The predicted octanol–water partition coefficient (Wildman–Crippen LogP) is 2.26. The van der Waals surface area contributed by atoms with Gasteiger partial charge in [-0.25, -0.2) is 15.0 Å². The molecule has 0 radical (unpaired) electrons. The van der Waals surface area contributed by atoms with E-state index in [-0.39, 0.29) is 12.1 Å². The van der Waals surface area contributed by atoms with Gasteiger partial charge in [-0.15, -0.1) is 6.42 Å². The molecule has 2 N–H and O–H groups in total. The summed E-state index contributed by atoms with van der Waals surface area (Å²) in [5.74, 6) is 7.01. The molecule has 1 saturated heterocycles. The molecule has 34 heavy (non-hydrogen) atoms. The van der Waals surface area contributed by atoms with Crippen molar-refractivity contribution in [2.45, 2.75) is 61.3 Å². The summed E-state index contributed by atoms with van der Waals surface area (Å²) in [4.78, 5) is 21.9. The number of hydrogen-bond acceptors (Lipinski definition) is 8. The van der Waals surface area contributed by atoms with Gasteiger partial charge in [-0.05, 0) is 56.8 Å². The molecule has 3 atom stereocenters. The van der Waals surface area contributed by atoms with E-state index in [0.717, 1.165) is 80.4 Å². The summed E-state index contributed by atoms with van der Waals surface area (Å²) in [6.07, 6.45) is 15.6. The van der Waals surface area contributed by atoms with Gasteiger partial charge in [0.15, 0.2) is 0 Å². The van der Waals surface area contributed by atoms with Gasteiger partial charge < -0.3 is 15.3 Å². The largest absolute Gasteiger partial charge is 0.394 e. The predicted molar refractivity (Wildman–Crippen MR) is 130 cm³/mol. The van der Waals surface area contributed by atoms with Crippen LogP contribution in [0.3, 0.4) is 0 Å². The highest BCUT2D eigenvalue weighted by Crippen LogP contribution is 2.46. The van der Waals surface area contributed by atoms with Crippen molar-refractivity contribution in [1.29, 1.82) is 0 Å². The second-order valence-corrected chi connectivity index (χ2v) is 11.8. The van der Waals surface area contributed by atoms with Gasteiger partial charge >= 0.3 is 0 Å². The molecule has 0 bridgehead atoms. The minimum atomic E-state index is -1.10. The van der Waals surface area contributed by atoms with Crippen LogP contribution in [0.5, 0.6) is 0 Å². The summed E-state index contributed by atoms with van der Waals surface area (Å²) < 4.78 is 12.9. The summed E-state index contributed by atoms with van der Waals surface area (Å²) in [5, 5.41) is 13.5. The van der Waals surface area contributed by atoms with Crippen molar-refractivity contribution in [3.63, 3.8) is 0 Å². The van der Waals surface area contributed by atoms with Crippen molar-refractivity contribution < 1.29 is 9.32 Å². The number of anilines is 2. The third-order valence-corrected chi connectivity index (χ3v) is 9.67. The first-order valence-corrected chi connectivity index (χ1v) is 13.6. The van der Waals surface area contributed by atoms with Crippen LogP contribution in [0.1, 0.15) is 61.5 Å². The highest BCUT2D eigenvalue weighted by molar-refractivity contribution is 7.85. The molecule has 2 aromatic heterocycles. The number of nitrogens with one attached hydrogen (secondary N) is 1. The fraction of sp³-hybridized carbons (Fsp3) is 0.600. The second-order valence-electron chi connectivity index (χ2n) is 10.3. The minimum Gasteiger partial charge on any atom is -0.394 e. The van der Waals surface area contributed by atoms with Crippen LogP contribution >= 0.6 is 0 Å². The Bertz CT molecular complexity index is 1140. The van der Waals surface area contributed by atoms with Crippen molar-refractivity contribution in [3.05, 3.63) is 29.5 Å². The third kappa shape index (κ3) is 3.77. The lowest BCUT2D eigenvalue weighted by Crippen LogP contribution is -2.49. The molecule has 3 fully saturated rings. The average Bonchev–Trinajstić information content (AvgIpc) is 3.41. The smallest absolute Gasteiger partial charge is 0.227 e. The monoisotopic (exact) mass is 478 g/mol. The molecule has 8 nitrogen and oxygen atoms in total. The lowest BCUT2D eigenvalue weighted by atomic mass is 9.77. The van der Waals surface area contributed by atoms with Crippen LogP contribution in [0.4, 0.5) is 11.8 Å². The fourth-order valence-corrected chi connectivity index (χ4v) is 7.40. The Balaban J connectivity index is 1.22. The van der Waals surface area contributed by atoms with Crippen LogP contribution in [0.15, 0.2) is 17.3 Å². The number of rotatable bonds is 5. The van der Waals surface area contributed by atoms with Gasteiger partial charge in [0, 0.05) is 37.2 Å². The van der Waals surface area contributed by atoms with E-state index in [1.807, 2.05) is 0 Å². The lowest BCUT2D eigenvalue weighted by Gasteiger charge is -2.42. The standard InChI is InChI=1S/C25H30N6O2S/c1-2-16-11-26-22(27-12-16)17-9-18-13-31(14-19(18)10-17)24-28-20-5-3-8-34(33)21(20)23(29-24)30-25(15-32)6-4-7-25/h1,11-12,17-19,32H,3-10,13-15H2,(H,28,29,30). The minimum absolute atomic E-state index is 0.0629. The van der Waals surface area contributed by atoms with E-state index in [1.54, 1.807) is 12.4 Å². The molecular formula is C25H30N6O2S. The molecule has 0 amide bonds. The van der Waals surface area contributed by atoms with Crippen molar-refractivity contribution in [1.82, 2.24) is 19.9 Å². The second kappa shape index (κ2) is 8.58. The Hall–Kier alpha value is -2.57. The molecule has 2 aromatic rings. The Morgan fingerprint density at radius 1 is 1.18 bits per heavy atom. The van der Waals surface area contributed by atoms with Crippen molar-refractivity contribution in [3.8, 4) is 12.3 Å². The van der Waals surface area contributed by atoms with Gasteiger partial charge in [-0.1, -0.05) is 5.92 Å². The molecule has 4 aliphatic rings. The van der Waals surface area contributed by atoms with Crippen molar-refractivity contribution in [2.24, 2.45) is 11.8 Å². The molecule has 0 aromatic carbocycles.